The molecule has 0 aromatic carbocycles. The lowest BCUT2D eigenvalue weighted by molar-refractivity contribution is 0.0697. The Balaban J connectivity index is 2.16. The highest BCUT2D eigenvalue weighted by Crippen LogP contribution is 2.32. The first-order chi connectivity index (χ1) is 9.11. The zero-order valence-electron chi connectivity index (χ0n) is 10.7. The molecule has 0 aliphatic heterocycles. The summed E-state index contributed by atoms with van der Waals surface area (Å²) in [6.45, 7) is 2.15. The number of nitrogens with one attached hydrogen (secondary N) is 1. The Morgan fingerprint density at radius 1 is 1.63 bits per heavy atom. The second-order valence-corrected chi connectivity index (χ2v) is 6.96. The molecule has 104 valence electrons. The minimum atomic E-state index is -0.950. The van der Waals surface area contributed by atoms with Crippen molar-refractivity contribution in [3.05, 3.63) is 22.3 Å². The van der Waals surface area contributed by atoms with Crippen molar-refractivity contribution in [1.29, 1.82) is 0 Å². The maximum atomic E-state index is 11.2. The molecule has 2 N–H and O–H groups in total. The fourth-order valence-electron chi connectivity index (χ4n) is 2.40. The third-order valence-electron chi connectivity index (χ3n) is 3.24. The fraction of sp³-hybridized carbons (Fsp3) is 0.538. The average molecular weight is 345 g/mol. The normalized spacial score (nSPS) is 22.4. The summed E-state index contributed by atoms with van der Waals surface area (Å²) < 4.78 is 0.682. The summed E-state index contributed by atoms with van der Waals surface area (Å²) in [5.41, 5.74) is 0.224. The highest BCUT2D eigenvalue weighted by molar-refractivity contribution is 9.10. The van der Waals surface area contributed by atoms with Crippen molar-refractivity contribution in [2.24, 2.45) is 0 Å². The number of aromatic carboxylic acids is 1. The number of hydrogen-bond donors (Lipinski definition) is 2. The summed E-state index contributed by atoms with van der Waals surface area (Å²) in [6.07, 6.45) is 5.09. The molecule has 2 atom stereocenters. The van der Waals surface area contributed by atoms with Crippen molar-refractivity contribution in [1.82, 2.24) is 4.98 Å². The molecule has 1 heterocycles. The van der Waals surface area contributed by atoms with Gasteiger partial charge in [0.05, 0.1) is 0 Å². The lowest BCUT2D eigenvalue weighted by Crippen LogP contribution is -2.27. The van der Waals surface area contributed by atoms with Gasteiger partial charge in [0, 0.05) is 22.0 Å². The number of hydrogen-bond acceptors (Lipinski definition) is 4. The Morgan fingerprint density at radius 3 is 3.11 bits per heavy atom. The van der Waals surface area contributed by atoms with Crippen molar-refractivity contribution in [3.8, 4) is 0 Å². The molecule has 1 aliphatic carbocycles. The van der Waals surface area contributed by atoms with Crippen LogP contribution in [0.1, 0.15) is 36.5 Å². The van der Waals surface area contributed by atoms with Gasteiger partial charge in [-0.15, -0.1) is 0 Å². The van der Waals surface area contributed by atoms with Gasteiger partial charge >= 0.3 is 5.97 Å². The molecule has 1 saturated carbocycles. The Kier molecular flexibility index (Phi) is 5.10. The quantitative estimate of drug-likeness (QED) is 0.853. The maximum absolute atomic E-state index is 11.2. The predicted octanol–water partition coefficient (Wildman–Crippen LogP) is 3.63. The molecule has 0 radical (unpaired) electrons. The smallest absolute Gasteiger partial charge is 0.339 e. The molecule has 0 saturated heterocycles. The van der Waals surface area contributed by atoms with Crippen molar-refractivity contribution < 1.29 is 9.90 Å². The van der Waals surface area contributed by atoms with Crippen LogP contribution >= 0.6 is 27.7 Å². The monoisotopic (exact) mass is 344 g/mol. The molecule has 2 unspecified atom stereocenters. The summed E-state index contributed by atoms with van der Waals surface area (Å²) in [6, 6.07) is 1.91. The van der Waals surface area contributed by atoms with Gasteiger partial charge in [-0.2, -0.15) is 11.8 Å². The van der Waals surface area contributed by atoms with Gasteiger partial charge in [0.1, 0.15) is 11.4 Å². The Hall–Kier alpha value is -0.750. The number of aromatic nitrogens is 1. The van der Waals surface area contributed by atoms with Crippen molar-refractivity contribution in [2.45, 2.75) is 37.5 Å². The van der Waals surface area contributed by atoms with Gasteiger partial charge in [0.15, 0.2) is 0 Å². The van der Waals surface area contributed by atoms with Crippen LogP contribution < -0.4 is 5.32 Å². The van der Waals surface area contributed by atoms with E-state index >= 15 is 0 Å². The minimum absolute atomic E-state index is 0.224. The van der Waals surface area contributed by atoms with Crippen LogP contribution in [0.4, 0.5) is 5.82 Å². The lowest BCUT2D eigenvalue weighted by Gasteiger charge is -2.21. The van der Waals surface area contributed by atoms with Gasteiger partial charge < -0.3 is 10.4 Å². The summed E-state index contributed by atoms with van der Waals surface area (Å²) in [5, 5.41) is 13.1. The molecular formula is C13H17BrN2O2S. The second-order valence-electron chi connectivity index (χ2n) is 4.53. The standard InChI is InChI=1S/C13H17BrN2O2S/c1-2-19-11-5-3-4-10(11)16-12-9(13(17)18)6-8(14)7-15-12/h6-7,10-11H,2-5H2,1H3,(H,15,16)(H,17,18). The van der Waals surface area contributed by atoms with E-state index in [-0.39, 0.29) is 5.56 Å². The van der Waals surface area contributed by atoms with Crippen LogP contribution in [0.15, 0.2) is 16.7 Å². The van der Waals surface area contributed by atoms with Gasteiger partial charge in [-0.3, -0.25) is 0 Å². The number of nitrogens with zero attached hydrogens (tertiary/aromatic N) is 1. The van der Waals surface area contributed by atoms with Crippen LogP contribution in [0, 0.1) is 0 Å². The molecular weight excluding hydrogens is 328 g/mol. The van der Waals surface area contributed by atoms with E-state index in [9.17, 15) is 9.90 Å². The molecule has 0 amide bonds. The molecule has 1 aromatic rings. The fourth-order valence-corrected chi connectivity index (χ4v) is 3.93. The van der Waals surface area contributed by atoms with E-state index in [0.717, 1.165) is 12.2 Å². The van der Waals surface area contributed by atoms with E-state index in [1.807, 2.05) is 11.8 Å². The summed E-state index contributed by atoms with van der Waals surface area (Å²) in [4.78, 5) is 15.5. The molecule has 1 fully saturated rings. The summed E-state index contributed by atoms with van der Waals surface area (Å²) >= 11 is 5.19. The van der Waals surface area contributed by atoms with Crippen LogP contribution in [0.2, 0.25) is 0 Å². The molecule has 4 nitrogen and oxygen atoms in total. The molecule has 0 bridgehead atoms. The highest BCUT2D eigenvalue weighted by Gasteiger charge is 2.28. The van der Waals surface area contributed by atoms with Crippen LogP contribution in [0.5, 0.6) is 0 Å². The topological polar surface area (TPSA) is 62.2 Å². The highest BCUT2D eigenvalue weighted by atomic mass is 79.9. The molecule has 1 aromatic heterocycles. The van der Waals surface area contributed by atoms with Crippen molar-refractivity contribution >= 4 is 39.5 Å². The number of anilines is 1. The van der Waals surface area contributed by atoms with Crippen LogP contribution in [0.25, 0.3) is 0 Å². The number of carbonyl (C=O) groups is 1. The van der Waals surface area contributed by atoms with Gasteiger partial charge in [-0.05, 0) is 40.6 Å². The van der Waals surface area contributed by atoms with E-state index in [1.165, 1.54) is 12.8 Å². The Labute approximate surface area is 125 Å². The van der Waals surface area contributed by atoms with Gasteiger partial charge in [0.25, 0.3) is 0 Å². The molecule has 2 rings (SSSR count). The van der Waals surface area contributed by atoms with Crippen LogP contribution in [-0.4, -0.2) is 33.1 Å². The zero-order chi connectivity index (χ0) is 13.8. The first-order valence-corrected chi connectivity index (χ1v) is 8.23. The van der Waals surface area contributed by atoms with E-state index in [0.29, 0.717) is 21.6 Å². The number of halogens is 1. The summed E-state index contributed by atoms with van der Waals surface area (Å²) in [5.74, 6) is 0.612. The number of carboxylic acid groups (broad SMARTS) is 1. The Morgan fingerprint density at radius 2 is 2.42 bits per heavy atom. The van der Waals surface area contributed by atoms with E-state index < -0.39 is 5.97 Å². The van der Waals surface area contributed by atoms with Crippen molar-refractivity contribution in [3.63, 3.8) is 0 Å². The van der Waals surface area contributed by atoms with Gasteiger partial charge in [-0.1, -0.05) is 13.3 Å². The minimum Gasteiger partial charge on any atom is -0.478 e. The van der Waals surface area contributed by atoms with E-state index in [4.69, 9.17) is 0 Å². The van der Waals surface area contributed by atoms with E-state index in [1.54, 1.807) is 12.3 Å². The van der Waals surface area contributed by atoms with Crippen molar-refractivity contribution in [2.75, 3.05) is 11.1 Å². The first kappa shape index (κ1) is 14.7. The SMILES string of the molecule is CCSC1CCCC1Nc1ncc(Br)cc1C(=O)O. The number of pyridine rings is 1. The predicted molar refractivity (Wildman–Crippen MR) is 82.1 cm³/mol. The molecule has 6 heteroatoms. The van der Waals surface area contributed by atoms with Crippen LogP contribution in [0.3, 0.4) is 0 Å². The molecule has 1 aliphatic rings. The number of carboxylic acids is 1. The van der Waals surface area contributed by atoms with Gasteiger partial charge in [-0.25, -0.2) is 9.78 Å². The van der Waals surface area contributed by atoms with Gasteiger partial charge in [0.2, 0.25) is 0 Å². The lowest BCUT2D eigenvalue weighted by atomic mass is 10.2. The second kappa shape index (κ2) is 6.61. The molecule has 0 spiro atoms. The zero-order valence-corrected chi connectivity index (χ0v) is 13.1. The first-order valence-electron chi connectivity index (χ1n) is 6.38. The number of rotatable bonds is 5. The third kappa shape index (κ3) is 3.63. The van der Waals surface area contributed by atoms with Crippen LogP contribution in [-0.2, 0) is 0 Å². The average Bonchev–Trinajstić information content (AvgIpc) is 2.79. The molecule has 19 heavy (non-hydrogen) atoms. The largest absolute Gasteiger partial charge is 0.478 e. The number of thioether (sulfide) groups is 1. The van der Waals surface area contributed by atoms with E-state index in [2.05, 4.69) is 33.2 Å². The maximum Gasteiger partial charge on any atom is 0.339 e. The summed E-state index contributed by atoms with van der Waals surface area (Å²) in [7, 11) is 0. The Bertz CT molecular complexity index is 470. The third-order valence-corrected chi connectivity index (χ3v) is 5.00.